The standard InChI is InChI=1S/C21H29IO5/c1-19-7-5-12(23)9-11(19)3-4-13-14-6-8-21(27,17(25)18(22)26)20(14,2)10-15(24)16(13)19/h9,13-16,18,24,26-27H,3-8,10H2,1-2H3/t13-,14-,15-,16+,18?,19-,20-,21-/m0/s1. The molecule has 0 heterocycles. The van der Waals surface area contributed by atoms with Crippen molar-refractivity contribution in [2.24, 2.45) is 28.6 Å². The quantitative estimate of drug-likeness (QED) is 0.411. The average molecular weight is 488 g/mol. The van der Waals surface area contributed by atoms with Crippen LogP contribution in [0.4, 0.5) is 0 Å². The number of allylic oxidation sites excluding steroid dienone is 1. The smallest absolute Gasteiger partial charge is 0.203 e. The van der Waals surface area contributed by atoms with Gasteiger partial charge in [-0.15, -0.1) is 0 Å². The molecule has 0 radical (unpaired) electrons. The summed E-state index contributed by atoms with van der Waals surface area (Å²) in [6.07, 6.45) is 5.67. The van der Waals surface area contributed by atoms with Gasteiger partial charge in [0, 0.05) is 11.8 Å². The zero-order chi connectivity index (χ0) is 19.8. The number of ketones is 2. The molecule has 0 spiro atoms. The van der Waals surface area contributed by atoms with Crippen LogP contribution in [0, 0.1) is 28.6 Å². The zero-order valence-electron chi connectivity index (χ0n) is 15.9. The Hall–Kier alpha value is -0.310. The monoisotopic (exact) mass is 488 g/mol. The van der Waals surface area contributed by atoms with Gasteiger partial charge in [0.2, 0.25) is 5.78 Å². The van der Waals surface area contributed by atoms with Crippen molar-refractivity contribution in [3.8, 4) is 0 Å². The lowest BCUT2D eigenvalue weighted by atomic mass is 9.45. The number of hydrogen-bond donors (Lipinski definition) is 3. The van der Waals surface area contributed by atoms with Crippen molar-refractivity contribution >= 4 is 34.2 Å². The summed E-state index contributed by atoms with van der Waals surface area (Å²) < 4.78 is -1.24. The van der Waals surface area contributed by atoms with Gasteiger partial charge in [0.05, 0.1) is 6.10 Å². The number of aliphatic hydroxyl groups is 3. The molecule has 0 amide bonds. The van der Waals surface area contributed by atoms with E-state index in [1.165, 1.54) is 5.57 Å². The van der Waals surface area contributed by atoms with Crippen LogP contribution in [0.25, 0.3) is 0 Å². The molecule has 0 aromatic rings. The van der Waals surface area contributed by atoms with E-state index in [0.29, 0.717) is 19.3 Å². The average Bonchev–Trinajstić information content (AvgIpc) is 2.86. The molecule has 3 fully saturated rings. The second-order valence-electron chi connectivity index (χ2n) is 9.68. The van der Waals surface area contributed by atoms with Crippen LogP contribution in [0.1, 0.15) is 58.8 Å². The van der Waals surface area contributed by atoms with Crippen LogP contribution in [0.3, 0.4) is 0 Å². The summed E-state index contributed by atoms with van der Waals surface area (Å²) in [6.45, 7) is 4.12. The van der Waals surface area contributed by atoms with Gasteiger partial charge >= 0.3 is 0 Å². The van der Waals surface area contributed by atoms with Crippen LogP contribution in [-0.2, 0) is 9.59 Å². The Morgan fingerprint density at radius 2 is 1.96 bits per heavy atom. The van der Waals surface area contributed by atoms with Crippen molar-refractivity contribution in [3.05, 3.63) is 11.6 Å². The normalized spacial score (nSPS) is 50.3. The minimum absolute atomic E-state index is 0.0608. The van der Waals surface area contributed by atoms with E-state index >= 15 is 0 Å². The first-order valence-electron chi connectivity index (χ1n) is 10.1. The first kappa shape index (κ1) is 20.0. The Kier molecular flexibility index (Phi) is 4.69. The van der Waals surface area contributed by atoms with Gasteiger partial charge in [0.25, 0.3) is 0 Å². The number of halogens is 1. The van der Waals surface area contributed by atoms with Gasteiger partial charge in [0.15, 0.2) is 9.89 Å². The highest BCUT2D eigenvalue weighted by molar-refractivity contribution is 14.1. The number of aliphatic hydroxyl groups excluding tert-OH is 2. The highest BCUT2D eigenvalue weighted by atomic mass is 127. The molecule has 3 saturated carbocycles. The molecule has 0 bridgehead atoms. The summed E-state index contributed by atoms with van der Waals surface area (Å²) in [5, 5.41) is 32.4. The molecule has 27 heavy (non-hydrogen) atoms. The molecule has 1 unspecified atom stereocenters. The number of fused-ring (bicyclic) bond motifs is 5. The predicted octanol–water partition coefficient (Wildman–Crippen LogP) is 2.54. The lowest BCUT2D eigenvalue weighted by Gasteiger charge is -2.60. The number of carbonyl (C=O) groups is 2. The second-order valence-corrected chi connectivity index (χ2v) is 10.9. The molecule has 150 valence electrons. The Morgan fingerprint density at radius 1 is 1.26 bits per heavy atom. The Balaban J connectivity index is 1.73. The van der Waals surface area contributed by atoms with Gasteiger partial charge < -0.3 is 15.3 Å². The van der Waals surface area contributed by atoms with Crippen LogP contribution in [-0.4, -0.2) is 42.7 Å². The van der Waals surface area contributed by atoms with Crippen LogP contribution < -0.4 is 0 Å². The first-order chi connectivity index (χ1) is 12.5. The third-order valence-corrected chi connectivity index (χ3v) is 9.24. The number of alkyl halides is 1. The van der Waals surface area contributed by atoms with Crippen molar-refractivity contribution in [1.29, 1.82) is 0 Å². The second kappa shape index (κ2) is 6.34. The third kappa shape index (κ3) is 2.58. The molecule has 0 saturated heterocycles. The molecule has 0 aromatic carbocycles. The first-order valence-corrected chi connectivity index (χ1v) is 11.3. The topological polar surface area (TPSA) is 94.8 Å². The van der Waals surface area contributed by atoms with E-state index < -0.39 is 27.0 Å². The SMILES string of the molecule is C[C@]12CCC(=O)C=C1CC[C@@H]1[C@@H]2[C@@H](O)C[C@@]2(C)[C@H]1CC[C@]2(O)C(=O)C(O)I. The fraction of sp³-hybridized carbons (Fsp3) is 0.810. The fourth-order valence-corrected chi connectivity index (χ4v) is 7.81. The van der Waals surface area contributed by atoms with Gasteiger partial charge in [-0.1, -0.05) is 19.4 Å². The van der Waals surface area contributed by atoms with Gasteiger partial charge in [-0.3, -0.25) is 9.59 Å². The van der Waals surface area contributed by atoms with E-state index in [1.54, 1.807) is 28.7 Å². The van der Waals surface area contributed by atoms with Crippen molar-refractivity contribution in [2.45, 2.75) is 74.6 Å². The number of carbonyl (C=O) groups excluding carboxylic acids is 2. The van der Waals surface area contributed by atoms with E-state index in [0.717, 1.165) is 25.7 Å². The molecule has 4 rings (SSSR count). The molecule has 5 nitrogen and oxygen atoms in total. The minimum atomic E-state index is -1.58. The van der Waals surface area contributed by atoms with E-state index in [-0.39, 0.29) is 29.0 Å². The molecule has 0 aliphatic heterocycles. The zero-order valence-corrected chi connectivity index (χ0v) is 18.1. The lowest BCUT2D eigenvalue weighted by molar-refractivity contribution is -0.182. The Labute approximate surface area is 173 Å². The molecule has 4 aliphatic rings. The summed E-state index contributed by atoms with van der Waals surface area (Å²) in [5.41, 5.74) is -1.30. The molecule has 3 N–H and O–H groups in total. The molecule has 0 aromatic heterocycles. The number of rotatable bonds is 2. The van der Waals surface area contributed by atoms with Crippen LogP contribution in [0.15, 0.2) is 11.6 Å². The van der Waals surface area contributed by atoms with E-state index in [1.807, 2.05) is 6.92 Å². The van der Waals surface area contributed by atoms with Gasteiger partial charge in [-0.05, 0) is 90.4 Å². The summed E-state index contributed by atoms with van der Waals surface area (Å²) >= 11 is 1.65. The third-order valence-electron chi connectivity index (χ3n) is 8.67. The highest BCUT2D eigenvalue weighted by Crippen LogP contribution is 2.67. The van der Waals surface area contributed by atoms with Crippen LogP contribution >= 0.6 is 22.6 Å². The highest BCUT2D eigenvalue weighted by Gasteiger charge is 2.68. The number of Topliss-reactive ketones (excluding diaryl/α,β-unsaturated/α-hetero) is 1. The summed E-state index contributed by atoms with van der Waals surface area (Å²) in [4.78, 5) is 24.6. The maximum absolute atomic E-state index is 12.7. The fourth-order valence-electron chi connectivity index (χ4n) is 7.29. The molecule has 4 aliphatic carbocycles. The predicted molar refractivity (Wildman–Crippen MR) is 108 cm³/mol. The van der Waals surface area contributed by atoms with Crippen molar-refractivity contribution in [3.63, 3.8) is 0 Å². The van der Waals surface area contributed by atoms with Gasteiger partial charge in [-0.2, -0.15) is 0 Å². The summed E-state index contributed by atoms with van der Waals surface area (Å²) in [7, 11) is 0. The van der Waals surface area contributed by atoms with Gasteiger partial charge in [-0.25, -0.2) is 0 Å². The summed E-state index contributed by atoms with van der Waals surface area (Å²) in [5.74, 6) is 0.0940. The van der Waals surface area contributed by atoms with Crippen molar-refractivity contribution < 1.29 is 24.9 Å². The van der Waals surface area contributed by atoms with Crippen LogP contribution in [0.2, 0.25) is 0 Å². The van der Waals surface area contributed by atoms with Crippen LogP contribution in [0.5, 0.6) is 0 Å². The summed E-state index contributed by atoms with van der Waals surface area (Å²) in [6, 6.07) is 0. The van der Waals surface area contributed by atoms with E-state index in [4.69, 9.17) is 0 Å². The van der Waals surface area contributed by atoms with Crippen molar-refractivity contribution in [1.82, 2.24) is 0 Å². The molecular weight excluding hydrogens is 459 g/mol. The molecular formula is C21H29IO5. The molecule has 8 atom stereocenters. The Bertz CT molecular complexity index is 717. The largest absolute Gasteiger partial charge is 0.393 e. The van der Waals surface area contributed by atoms with Crippen molar-refractivity contribution in [2.75, 3.05) is 0 Å². The van der Waals surface area contributed by atoms with E-state index in [9.17, 15) is 24.9 Å². The maximum Gasteiger partial charge on any atom is 0.203 e. The number of hydrogen-bond acceptors (Lipinski definition) is 5. The van der Waals surface area contributed by atoms with E-state index in [2.05, 4.69) is 6.92 Å². The molecule has 6 heteroatoms. The lowest BCUT2D eigenvalue weighted by Crippen LogP contribution is -2.62. The van der Waals surface area contributed by atoms with Gasteiger partial charge in [0.1, 0.15) is 5.60 Å². The maximum atomic E-state index is 12.7. The minimum Gasteiger partial charge on any atom is -0.393 e. The Morgan fingerprint density at radius 3 is 2.63 bits per heavy atom.